The monoisotopic (exact) mass is 263 g/mol. The summed E-state index contributed by atoms with van der Waals surface area (Å²) in [5, 5.41) is 0. The molecule has 0 saturated carbocycles. The molecule has 1 heterocycles. The normalized spacial score (nSPS) is 16.4. The van der Waals surface area contributed by atoms with Crippen molar-refractivity contribution in [3.05, 3.63) is 35.4 Å². The van der Waals surface area contributed by atoms with Crippen LogP contribution in [0.1, 0.15) is 42.6 Å². The molecule has 1 aliphatic heterocycles. The van der Waals surface area contributed by atoms with Crippen molar-refractivity contribution in [3.63, 3.8) is 0 Å². The van der Waals surface area contributed by atoms with Crippen molar-refractivity contribution in [2.75, 3.05) is 17.3 Å². The van der Waals surface area contributed by atoms with Crippen LogP contribution in [-0.2, 0) is 17.3 Å². The standard InChI is InChI=1S/C16H23OS/c1-13(2)11-14-5-7-15(8-6-14)16(17)12-18-9-3-4-10-18/h5-8,13H,3-4,9-12H2,1-2H3/q+1. The van der Waals surface area contributed by atoms with E-state index >= 15 is 0 Å². The van der Waals surface area contributed by atoms with Crippen molar-refractivity contribution in [2.24, 2.45) is 5.92 Å². The molecule has 0 aromatic heterocycles. The first-order valence-corrected chi connectivity index (χ1v) is 8.64. The number of Topliss-reactive ketones (excluding diaryl/α,β-unsaturated/α-hetero) is 1. The minimum absolute atomic E-state index is 0.344. The van der Waals surface area contributed by atoms with E-state index in [1.165, 1.54) is 29.9 Å². The summed E-state index contributed by atoms with van der Waals surface area (Å²) in [6.45, 7) is 4.44. The molecule has 2 rings (SSSR count). The maximum Gasteiger partial charge on any atom is 0.211 e. The fraction of sp³-hybridized carbons (Fsp3) is 0.562. The Hall–Kier alpha value is -0.760. The van der Waals surface area contributed by atoms with Crippen LogP contribution in [0, 0.1) is 5.92 Å². The van der Waals surface area contributed by atoms with E-state index in [0.29, 0.717) is 22.6 Å². The molecule has 1 aliphatic rings. The second-order valence-corrected chi connectivity index (χ2v) is 7.92. The maximum atomic E-state index is 12.1. The summed E-state index contributed by atoms with van der Waals surface area (Å²) in [6.07, 6.45) is 3.74. The highest BCUT2D eigenvalue weighted by Gasteiger charge is 2.27. The Labute approximate surface area is 113 Å². The first-order chi connectivity index (χ1) is 8.65. The zero-order valence-corrected chi connectivity index (χ0v) is 12.3. The van der Waals surface area contributed by atoms with Gasteiger partial charge in [0.15, 0.2) is 5.75 Å². The smallest absolute Gasteiger partial charge is 0.211 e. The van der Waals surface area contributed by atoms with Crippen LogP contribution in [0.4, 0.5) is 0 Å². The topological polar surface area (TPSA) is 17.1 Å². The Morgan fingerprint density at radius 1 is 1.17 bits per heavy atom. The Morgan fingerprint density at radius 3 is 2.33 bits per heavy atom. The minimum Gasteiger partial charge on any atom is -0.289 e. The van der Waals surface area contributed by atoms with Crippen LogP contribution in [0.25, 0.3) is 0 Å². The van der Waals surface area contributed by atoms with Gasteiger partial charge in [-0.25, -0.2) is 0 Å². The van der Waals surface area contributed by atoms with Gasteiger partial charge in [0.1, 0.15) is 11.5 Å². The molecule has 0 radical (unpaired) electrons. The average molecular weight is 263 g/mol. The van der Waals surface area contributed by atoms with E-state index in [2.05, 4.69) is 26.0 Å². The Kier molecular flexibility index (Phi) is 4.87. The molecule has 0 unspecified atom stereocenters. The molecular formula is C16H23OS+. The number of ketones is 1. The molecule has 0 N–H and O–H groups in total. The number of rotatable bonds is 5. The molecule has 1 saturated heterocycles. The van der Waals surface area contributed by atoms with Crippen LogP contribution < -0.4 is 0 Å². The summed E-state index contributed by atoms with van der Waals surface area (Å²) < 4.78 is 0. The van der Waals surface area contributed by atoms with Gasteiger partial charge < -0.3 is 0 Å². The SMILES string of the molecule is CC(C)Cc1ccc(C(=O)C[S+]2CCCC2)cc1. The first kappa shape index (κ1) is 13.7. The van der Waals surface area contributed by atoms with Gasteiger partial charge in [-0.1, -0.05) is 38.1 Å². The molecule has 0 bridgehead atoms. The summed E-state index contributed by atoms with van der Waals surface area (Å²) in [5.41, 5.74) is 2.24. The lowest BCUT2D eigenvalue weighted by atomic mass is 10.0. The van der Waals surface area contributed by atoms with Gasteiger partial charge in [0.25, 0.3) is 0 Å². The van der Waals surface area contributed by atoms with Crippen LogP contribution in [-0.4, -0.2) is 23.0 Å². The molecule has 1 nitrogen and oxygen atoms in total. The van der Waals surface area contributed by atoms with Crippen LogP contribution in [0.2, 0.25) is 0 Å². The molecule has 98 valence electrons. The highest BCUT2D eigenvalue weighted by molar-refractivity contribution is 7.97. The van der Waals surface area contributed by atoms with Crippen molar-refractivity contribution < 1.29 is 4.79 Å². The lowest BCUT2D eigenvalue weighted by molar-refractivity contribution is 0.102. The first-order valence-electron chi connectivity index (χ1n) is 6.91. The fourth-order valence-corrected chi connectivity index (χ4v) is 4.68. The van der Waals surface area contributed by atoms with Gasteiger partial charge >= 0.3 is 0 Å². The van der Waals surface area contributed by atoms with E-state index in [4.69, 9.17) is 0 Å². The molecule has 0 atom stereocenters. The van der Waals surface area contributed by atoms with Gasteiger partial charge in [-0.3, -0.25) is 4.79 Å². The molecule has 1 aromatic carbocycles. The zero-order valence-electron chi connectivity index (χ0n) is 11.4. The van der Waals surface area contributed by atoms with Crippen LogP contribution in [0.15, 0.2) is 24.3 Å². The van der Waals surface area contributed by atoms with Gasteiger partial charge in [0, 0.05) is 5.56 Å². The third-order valence-electron chi connectivity index (χ3n) is 3.37. The maximum absolute atomic E-state index is 12.1. The van der Waals surface area contributed by atoms with E-state index in [1.54, 1.807) is 0 Å². The number of carbonyl (C=O) groups excluding carboxylic acids is 1. The summed E-state index contributed by atoms with van der Waals surface area (Å²) >= 11 is 0. The largest absolute Gasteiger partial charge is 0.289 e. The number of hydrogen-bond donors (Lipinski definition) is 0. The van der Waals surface area contributed by atoms with Crippen LogP contribution >= 0.6 is 0 Å². The summed E-state index contributed by atoms with van der Waals surface area (Å²) in [4.78, 5) is 12.1. The molecule has 0 aliphatic carbocycles. The third-order valence-corrected chi connectivity index (χ3v) is 5.77. The lowest BCUT2D eigenvalue weighted by Gasteiger charge is -2.06. The molecule has 1 aromatic rings. The molecule has 1 fully saturated rings. The van der Waals surface area contributed by atoms with Crippen molar-refractivity contribution in [1.82, 2.24) is 0 Å². The Morgan fingerprint density at radius 2 is 1.78 bits per heavy atom. The van der Waals surface area contributed by atoms with Gasteiger partial charge in [0.05, 0.1) is 0 Å². The predicted molar refractivity (Wildman–Crippen MR) is 80.5 cm³/mol. The van der Waals surface area contributed by atoms with Crippen molar-refractivity contribution >= 4 is 16.7 Å². The summed E-state index contributed by atoms with van der Waals surface area (Å²) in [6, 6.07) is 8.26. The second-order valence-electron chi connectivity index (χ2n) is 5.59. The zero-order chi connectivity index (χ0) is 13.0. The van der Waals surface area contributed by atoms with Gasteiger partial charge in [-0.2, -0.15) is 0 Å². The number of benzene rings is 1. The Bertz CT molecular complexity index is 388. The van der Waals surface area contributed by atoms with E-state index in [-0.39, 0.29) is 0 Å². The van der Waals surface area contributed by atoms with E-state index < -0.39 is 0 Å². The van der Waals surface area contributed by atoms with Gasteiger partial charge in [-0.05, 0) is 41.6 Å². The van der Waals surface area contributed by atoms with E-state index in [9.17, 15) is 4.79 Å². The molecular weight excluding hydrogens is 240 g/mol. The highest BCUT2D eigenvalue weighted by atomic mass is 32.2. The number of carbonyl (C=O) groups is 1. The average Bonchev–Trinajstić information content (AvgIpc) is 2.82. The van der Waals surface area contributed by atoms with Crippen LogP contribution in [0.3, 0.4) is 0 Å². The van der Waals surface area contributed by atoms with Crippen molar-refractivity contribution in [2.45, 2.75) is 33.1 Å². The number of hydrogen-bond acceptors (Lipinski definition) is 1. The fourth-order valence-electron chi connectivity index (χ4n) is 2.43. The van der Waals surface area contributed by atoms with E-state index in [0.717, 1.165) is 17.7 Å². The Balaban J connectivity index is 1.93. The van der Waals surface area contributed by atoms with Crippen molar-refractivity contribution in [1.29, 1.82) is 0 Å². The van der Waals surface area contributed by atoms with Crippen molar-refractivity contribution in [3.8, 4) is 0 Å². The van der Waals surface area contributed by atoms with Gasteiger partial charge in [0.2, 0.25) is 5.78 Å². The molecule has 0 amide bonds. The summed E-state index contributed by atoms with van der Waals surface area (Å²) in [7, 11) is 0.378. The lowest BCUT2D eigenvalue weighted by Crippen LogP contribution is -2.17. The molecule has 0 spiro atoms. The minimum atomic E-state index is 0.344. The third kappa shape index (κ3) is 3.88. The highest BCUT2D eigenvalue weighted by Crippen LogP contribution is 2.16. The summed E-state index contributed by atoms with van der Waals surface area (Å²) in [5.74, 6) is 4.35. The quantitative estimate of drug-likeness (QED) is 0.587. The van der Waals surface area contributed by atoms with Crippen LogP contribution in [0.5, 0.6) is 0 Å². The van der Waals surface area contributed by atoms with E-state index in [1.807, 2.05) is 12.1 Å². The molecule has 2 heteroatoms. The predicted octanol–water partition coefficient (Wildman–Crippen LogP) is 3.48. The molecule has 18 heavy (non-hydrogen) atoms. The van der Waals surface area contributed by atoms with Gasteiger partial charge in [-0.15, -0.1) is 0 Å². The second kappa shape index (κ2) is 6.42.